The SMILES string of the molecule is CCOC(=O)C1=C(C)NC(C)=C(C(=O)OCC)C1C(=O)OC1O[C@H](COC(=O)c2ccccc2)[C@H]2OC(C)(C)O[C@@H]12. The molecule has 3 heterocycles. The van der Waals surface area contributed by atoms with Gasteiger partial charge in [0.2, 0.25) is 6.29 Å². The Morgan fingerprint density at radius 1 is 0.829 bits per heavy atom. The first kappa shape index (κ1) is 30.2. The van der Waals surface area contributed by atoms with E-state index in [0.29, 0.717) is 17.0 Å². The molecule has 0 bridgehead atoms. The molecule has 0 aliphatic carbocycles. The van der Waals surface area contributed by atoms with Gasteiger partial charge in [-0.15, -0.1) is 0 Å². The molecule has 0 radical (unpaired) electrons. The van der Waals surface area contributed by atoms with Crippen LogP contribution in [0, 0.1) is 5.92 Å². The van der Waals surface area contributed by atoms with Gasteiger partial charge in [0.15, 0.2) is 11.9 Å². The summed E-state index contributed by atoms with van der Waals surface area (Å²) in [6, 6.07) is 8.45. The second-order valence-electron chi connectivity index (χ2n) is 10.1. The Morgan fingerprint density at radius 3 is 1.95 bits per heavy atom. The summed E-state index contributed by atoms with van der Waals surface area (Å²) in [5, 5.41) is 2.96. The lowest BCUT2D eigenvalue weighted by Gasteiger charge is -2.30. The van der Waals surface area contributed by atoms with Gasteiger partial charge in [0, 0.05) is 11.4 Å². The number of dihydropyridines is 1. The molecule has 12 nitrogen and oxygen atoms in total. The van der Waals surface area contributed by atoms with Crippen LogP contribution in [0.4, 0.5) is 0 Å². The van der Waals surface area contributed by atoms with Crippen molar-refractivity contribution in [3.05, 3.63) is 58.4 Å². The van der Waals surface area contributed by atoms with Crippen LogP contribution in [-0.4, -0.2) is 74.1 Å². The molecule has 0 aromatic heterocycles. The minimum Gasteiger partial charge on any atom is -0.463 e. The molecular weight excluding hydrogens is 538 g/mol. The van der Waals surface area contributed by atoms with E-state index in [9.17, 15) is 19.2 Å². The van der Waals surface area contributed by atoms with Gasteiger partial charge in [-0.25, -0.2) is 14.4 Å². The van der Waals surface area contributed by atoms with E-state index in [-0.39, 0.29) is 31.0 Å². The van der Waals surface area contributed by atoms with Crippen molar-refractivity contribution in [2.75, 3.05) is 19.8 Å². The third kappa shape index (κ3) is 6.45. The zero-order chi connectivity index (χ0) is 29.9. The van der Waals surface area contributed by atoms with Crippen molar-refractivity contribution in [2.45, 2.75) is 71.9 Å². The van der Waals surface area contributed by atoms with Crippen molar-refractivity contribution in [1.29, 1.82) is 0 Å². The first-order valence-electron chi connectivity index (χ1n) is 13.4. The maximum atomic E-state index is 13.8. The van der Waals surface area contributed by atoms with Crippen molar-refractivity contribution in [3.63, 3.8) is 0 Å². The van der Waals surface area contributed by atoms with Crippen molar-refractivity contribution in [1.82, 2.24) is 5.32 Å². The van der Waals surface area contributed by atoms with E-state index in [1.54, 1.807) is 71.9 Å². The van der Waals surface area contributed by atoms with E-state index in [0.717, 1.165) is 0 Å². The molecule has 222 valence electrons. The molecule has 3 aliphatic rings. The Kier molecular flexibility index (Phi) is 9.15. The Hall–Kier alpha value is -3.74. The molecule has 12 heteroatoms. The van der Waals surface area contributed by atoms with E-state index < -0.39 is 60.2 Å². The summed E-state index contributed by atoms with van der Waals surface area (Å²) in [7, 11) is 0. The van der Waals surface area contributed by atoms with Crippen molar-refractivity contribution < 1.29 is 52.3 Å². The number of allylic oxidation sites excluding steroid dienone is 2. The van der Waals surface area contributed by atoms with E-state index in [1.165, 1.54) is 0 Å². The van der Waals surface area contributed by atoms with Crippen LogP contribution in [0.3, 0.4) is 0 Å². The van der Waals surface area contributed by atoms with Crippen LogP contribution in [0.1, 0.15) is 51.9 Å². The molecular formula is C29H35NO11. The van der Waals surface area contributed by atoms with Crippen LogP contribution in [-0.2, 0) is 47.5 Å². The highest BCUT2D eigenvalue weighted by Crippen LogP contribution is 2.41. The molecule has 4 rings (SSSR count). The molecule has 4 atom stereocenters. The first-order chi connectivity index (χ1) is 19.5. The third-order valence-electron chi connectivity index (χ3n) is 6.71. The molecule has 1 N–H and O–H groups in total. The minimum absolute atomic E-state index is 0.0496. The van der Waals surface area contributed by atoms with Crippen LogP contribution in [0.2, 0.25) is 0 Å². The Morgan fingerprint density at radius 2 is 1.39 bits per heavy atom. The molecule has 1 aromatic rings. The standard InChI is InChI=1S/C29H35NO11/c1-7-35-25(32)19-15(3)30-16(4)20(26(33)36-8-2)21(19)27(34)39-28-23-22(40-29(5,6)41-23)18(38-28)14-37-24(31)17-12-10-9-11-13-17/h9-13,18,21-23,28,30H,7-8,14H2,1-6H3/t18-,22-,23-,28?/m1/s1. The summed E-state index contributed by atoms with van der Waals surface area (Å²) in [5.41, 5.74) is 0.846. The number of nitrogens with one attached hydrogen (secondary N) is 1. The van der Waals surface area contributed by atoms with Crippen LogP contribution >= 0.6 is 0 Å². The molecule has 0 saturated carbocycles. The number of esters is 4. The molecule has 1 unspecified atom stereocenters. The summed E-state index contributed by atoms with van der Waals surface area (Å²) in [5.74, 6) is -5.58. The van der Waals surface area contributed by atoms with E-state index in [2.05, 4.69) is 5.32 Å². The highest BCUT2D eigenvalue weighted by Gasteiger charge is 2.58. The highest BCUT2D eigenvalue weighted by atomic mass is 16.8. The van der Waals surface area contributed by atoms with Crippen molar-refractivity contribution >= 4 is 23.9 Å². The fourth-order valence-corrected chi connectivity index (χ4v) is 5.06. The van der Waals surface area contributed by atoms with Gasteiger partial charge in [-0.1, -0.05) is 18.2 Å². The fourth-order valence-electron chi connectivity index (χ4n) is 5.06. The largest absolute Gasteiger partial charge is 0.463 e. The molecule has 41 heavy (non-hydrogen) atoms. The first-order valence-corrected chi connectivity index (χ1v) is 13.4. The van der Waals surface area contributed by atoms with Gasteiger partial charge in [-0.3, -0.25) is 4.79 Å². The van der Waals surface area contributed by atoms with E-state index in [4.69, 9.17) is 33.2 Å². The average molecular weight is 574 g/mol. The zero-order valence-electron chi connectivity index (χ0n) is 23.9. The van der Waals surface area contributed by atoms with Gasteiger partial charge in [0.1, 0.15) is 24.7 Å². The van der Waals surface area contributed by atoms with E-state index in [1.807, 2.05) is 0 Å². The lowest BCUT2D eigenvalue weighted by molar-refractivity contribution is -0.235. The summed E-state index contributed by atoms with van der Waals surface area (Å²) in [6.45, 7) is 9.72. The number of carbonyl (C=O) groups excluding carboxylic acids is 4. The lowest BCUT2D eigenvalue weighted by Crippen LogP contribution is -2.41. The van der Waals surface area contributed by atoms with Gasteiger partial charge in [0.05, 0.1) is 29.9 Å². The number of ether oxygens (including phenoxy) is 7. The Labute approximate surface area is 237 Å². The van der Waals surface area contributed by atoms with Crippen LogP contribution < -0.4 is 5.32 Å². The highest BCUT2D eigenvalue weighted by molar-refractivity contribution is 6.05. The van der Waals surface area contributed by atoms with Gasteiger partial charge in [0.25, 0.3) is 0 Å². The number of fused-ring (bicyclic) bond motifs is 1. The lowest BCUT2D eigenvalue weighted by atomic mass is 9.85. The third-order valence-corrected chi connectivity index (χ3v) is 6.71. The zero-order valence-corrected chi connectivity index (χ0v) is 23.9. The van der Waals surface area contributed by atoms with Gasteiger partial charge >= 0.3 is 23.9 Å². The molecule has 3 aliphatic heterocycles. The normalized spacial score (nSPS) is 25.3. The predicted octanol–water partition coefficient (Wildman–Crippen LogP) is 2.53. The van der Waals surface area contributed by atoms with Gasteiger partial charge < -0.3 is 38.5 Å². The number of hydrogen-bond acceptors (Lipinski definition) is 12. The number of rotatable bonds is 9. The quantitative estimate of drug-likeness (QED) is 0.342. The van der Waals surface area contributed by atoms with Crippen LogP contribution in [0.5, 0.6) is 0 Å². The van der Waals surface area contributed by atoms with Gasteiger partial charge in [-0.2, -0.15) is 0 Å². The number of carbonyl (C=O) groups is 4. The predicted molar refractivity (Wildman–Crippen MR) is 141 cm³/mol. The summed E-state index contributed by atoms with van der Waals surface area (Å²) < 4.78 is 39.5. The summed E-state index contributed by atoms with van der Waals surface area (Å²) in [4.78, 5) is 52.2. The van der Waals surface area contributed by atoms with Crippen LogP contribution in [0.15, 0.2) is 52.9 Å². The fraction of sp³-hybridized carbons (Fsp3) is 0.517. The molecule has 2 saturated heterocycles. The maximum absolute atomic E-state index is 13.8. The number of hydrogen-bond donors (Lipinski definition) is 1. The van der Waals surface area contributed by atoms with Gasteiger partial charge in [-0.05, 0) is 53.7 Å². The monoisotopic (exact) mass is 573 g/mol. The maximum Gasteiger partial charge on any atom is 0.338 e. The molecule has 2 fully saturated rings. The Balaban J connectivity index is 1.58. The minimum atomic E-state index is -1.46. The topological polar surface area (TPSA) is 145 Å². The number of benzene rings is 1. The average Bonchev–Trinajstić information content (AvgIpc) is 3.40. The smallest absolute Gasteiger partial charge is 0.338 e. The Bertz CT molecular complexity index is 1210. The molecule has 0 amide bonds. The molecule has 1 aromatic carbocycles. The second kappa shape index (κ2) is 12.4. The summed E-state index contributed by atoms with van der Waals surface area (Å²) >= 11 is 0. The summed E-state index contributed by atoms with van der Waals surface area (Å²) in [6.07, 6.45) is -3.73. The van der Waals surface area contributed by atoms with Crippen molar-refractivity contribution in [2.24, 2.45) is 5.92 Å². The van der Waals surface area contributed by atoms with Crippen molar-refractivity contribution in [3.8, 4) is 0 Å². The molecule has 0 spiro atoms. The van der Waals surface area contributed by atoms with Crippen LogP contribution in [0.25, 0.3) is 0 Å². The van der Waals surface area contributed by atoms with E-state index >= 15 is 0 Å². The second-order valence-corrected chi connectivity index (χ2v) is 10.1.